The van der Waals surface area contributed by atoms with Gasteiger partial charge in [0.1, 0.15) is 6.26 Å². The molecule has 2 heterocycles. The van der Waals surface area contributed by atoms with Crippen LogP contribution in [0.15, 0.2) is 52.6 Å². The number of aromatic nitrogens is 1. The largest absolute Gasteiger partial charge is 0.363 e. The summed E-state index contributed by atoms with van der Waals surface area (Å²) < 4.78 is 4.77. The van der Waals surface area contributed by atoms with E-state index in [2.05, 4.69) is 5.16 Å². The van der Waals surface area contributed by atoms with Crippen molar-refractivity contribution >= 4 is 28.6 Å². The van der Waals surface area contributed by atoms with Crippen molar-refractivity contribution in [3.8, 4) is 0 Å². The van der Waals surface area contributed by atoms with Gasteiger partial charge < -0.3 is 4.52 Å². The number of nitro benzene ring substituents is 1. The molecule has 8 heteroatoms. The van der Waals surface area contributed by atoms with E-state index in [0.29, 0.717) is 4.88 Å². The SMILES string of the molecule is O=C(c1cccs1)c1conc1C(=O)c1ccc([N+](=O)[O-])cc1. The fourth-order valence-corrected chi connectivity index (χ4v) is 2.65. The van der Waals surface area contributed by atoms with E-state index in [0.717, 1.165) is 6.26 Å². The van der Waals surface area contributed by atoms with E-state index in [1.54, 1.807) is 17.5 Å². The zero-order valence-corrected chi connectivity index (χ0v) is 12.3. The summed E-state index contributed by atoms with van der Waals surface area (Å²) in [5, 5.41) is 16.0. The Morgan fingerprint density at radius 1 is 1.13 bits per heavy atom. The summed E-state index contributed by atoms with van der Waals surface area (Å²) >= 11 is 1.25. The molecule has 23 heavy (non-hydrogen) atoms. The van der Waals surface area contributed by atoms with Crippen molar-refractivity contribution in [2.75, 3.05) is 0 Å². The van der Waals surface area contributed by atoms with Gasteiger partial charge in [-0.05, 0) is 23.6 Å². The Balaban J connectivity index is 1.93. The molecular formula is C15H8N2O5S. The second-order valence-electron chi connectivity index (χ2n) is 4.52. The lowest BCUT2D eigenvalue weighted by molar-refractivity contribution is -0.384. The summed E-state index contributed by atoms with van der Waals surface area (Å²) in [5.74, 6) is -0.889. The van der Waals surface area contributed by atoms with Crippen LogP contribution in [0.2, 0.25) is 0 Å². The highest BCUT2D eigenvalue weighted by molar-refractivity contribution is 7.12. The third-order valence-electron chi connectivity index (χ3n) is 3.11. The second kappa shape index (κ2) is 5.93. The lowest BCUT2D eigenvalue weighted by Crippen LogP contribution is -2.09. The molecule has 0 aliphatic rings. The van der Waals surface area contributed by atoms with Gasteiger partial charge in [0.05, 0.1) is 15.4 Å². The maximum Gasteiger partial charge on any atom is 0.269 e. The van der Waals surface area contributed by atoms with Crippen LogP contribution in [0.5, 0.6) is 0 Å². The average Bonchev–Trinajstić information content (AvgIpc) is 3.25. The topological polar surface area (TPSA) is 103 Å². The Hall–Kier alpha value is -3.13. The van der Waals surface area contributed by atoms with Crippen molar-refractivity contribution in [3.05, 3.63) is 79.9 Å². The number of carbonyl (C=O) groups is 2. The molecule has 114 valence electrons. The van der Waals surface area contributed by atoms with E-state index in [4.69, 9.17) is 4.52 Å². The highest BCUT2D eigenvalue weighted by Gasteiger charge is 2.24. The van der Waals surface area contributed by atoms with Crippen molar-refractivity contribution in [3.63, 3.8) is 0 Å². The molecule has 0 fully saturated rings. The first-order chi connectivity index (χ1) is 11.1. The first-order valence-corrected chi connectivity index (χ1v) is 7.27. The first-order valence-electron chi connectivity index (χ1n) is 6.39. The molecule has 0 N–H and O–H groups in total. The standard InChI is InChI=1S/C15H8N2O5S/c18-14(9-3-5-10(6-4-9)17(20)21)13-11(8-22-16-13)15(19)12-2-1-7-23-12/h1-8H. The van der Waals surface area contributed by atoms with Crippen molar-refractivity contribution in [2.45, 2.75) is 0 Å². The molecule has 0 amide bonds. The summed E-state index contributed by atoms with van der Waals surface area (Å²) in [5.41, 5.74) is 0.00868. The summed E-state index contributed by atoms with van der Waals surface area (Å²) in [6, 6.07) is 8.43. The lowest BCUT2D eigenvalue weighted by atomic mass is 10.0. The quantitative estimate of drug-likeness (QED) is 0.405. The van der Waals surface area contributed by atoms with E-state index in [1.165, 1.54) is 35.6 Å². The molecule has 0 unspecified atom stereocenters. The van der Waals surface area contributed by atoms with Gasteiger partial charge in [0.25, 0.3) is 5.69 Å². The van der Waals surface area contributed by atoms with Crippen molar-refractivity contribution in [2.24, 2.45) is 0 Å². The molecule has 0 bridgehead atoms. The lowest BCUT2D eigenvalue weighted by Gasteiger charge is -2.00. The van der Waals surface area contributed by atoms with Gasteiger partial charge in [0, 0.05) is 17.7 Å². The normalized spacial score (nSPS) is 10.4. The van der Waals surface area contributed by atoms with E-state index in [-0.39, 0.29) is 28.3 Å². The predicted molar refractivity (Wildman–Crippen MR) is 80.8 cm³/mol. The number of rotatable bonds is 5. The number of non-ortho nitro benzene ring substituents is 1. The number of thiophene rings is 1. The van der Waals surface area contributed by atoms with Crippen LogP contribution in [-0.2, 0) is 0 Å². The molecule has 0 saturated carbocycles. The van der Waals surface area contributed by atoms with E-state index in [1.807, 2.05) is 0 Å². The molecule has 1 aromatic carbocycles. The summed E-state index contributed by atoms with van der Waals surface area (Å²) in [6.45, 7) is 0. The van der Waals surface area contributed by atoms with Crippen LogP contribution < -0.4 is 0 Å². The fourth-order valence-electron chi connectivity index (χ4n) is 1.97. The number of benzene rings is 1. The van der Waals surface area contributed by atoms with Crippen LogP contribution in [0, 0.1) is 10.1 Å². The molecule has 7 nitrogen and oxygen atoms in total. The van der Waals surface area contributed by atoms with Crippen LogP contribution in [0.4, 0.5) is 5.69 Å². The summed E-state index contributed by atoms with van der Waals surface area (Å²) in [4.78, 5) is 35.3. The van der Waals surface area contributed by atoms with Gasteiger partial charge in [0.2, 0.25) is 11.6 Å². The Kier molecular flexibility index (Phi) is 3.82. The van der Waals surface area contributed by atoms with Crippen LogP contribution in [0.3, 0.4) is 0 Å². The third kappa shape index (κ3) is 2.79. The Bertz CT molecular complexity index is 881. The molecular weight excluding hydrogens is 320 g/mol. The van der Waals surface area contributed by atoms with E-state index in [9.17, 15) is 19.7 Å². The molecule has 0 aliphatic carbocycles. The highest BCUT2D eigenvalue weighted by Crippen LogP contribution is 2.21. The first kappa shape index (κ1) is 14.8. The minimum absolute atomic E-state index is 0.0656. The van der Waals surface area contributed by atoms with Crippen LogP contribution in [0.25, 0.3) is 0 Å². The van der Waals surface area contributed by atoms with Gasteiger partial charge in [-0.15, -0.1) is 11.3 Å². The van der Waals surface area contributed by atoms with Crippen LogP contribution in [-0.4, -0.2) is 21.6 Å². The van der Waals surface area contributed by atoms with E-state index < -0.39 is 10.7 Å². The molecule has 2 aromatic heterocycles. The maximum absolute atomic E-state index is 12.4. The van der Waals surface area contributed by atoms with Crippen molar-refractivity contribution < 1.29 is 19.0 Å². The third-order valence-corrected chi connectivity index (χ3v) is 3.98. The molecule has 0 atom stereocenters. The van der Waals surface area contributed by atoms with Gasteiger partial charge in [0.15, 0.2) is 5.69 Å². The number of hydrogen-bond acceptors (Lipinski definition) is 7. The zero-order valence-electron chi connectivity index (χ0n) is 11.5. The van der Waals surface area contributed by atoms with Crippen molar-refractivity contribution in [1.82, 2.24) is 5.16 Å². The van der Waals surface area contributed by atoms with Gasteiger partial charge in [-0.3, -0.25) is 19.7 Å². The minimum atomic E-state index is -0.559. The predicted octanol–water partition coefficient (Wildman–Crippen LogP) is 3.11. The fraction of sp³-hybridized carbons (Fsp3) is 0. The van der Waals surface area contributed by atoms with Gasteiger partial charge in [-0.25, -0.2) is 0 Å². The number of nitro groups is 1. The Labute approximate surface area is 133 Å². The Morgan fingerprint density at radius 2 is 1.87 bits per heavy atom. The number of ketones is 2. The van der Waals surface area contributed by atoms with Gasteiger partial charge in [-0.1, -0.05) is 11.2 Å². The van der Waals surface area contributed by atoms with E-state index >= 15 is 0 Å². The molecule has 0 spiro atoms. The molecule has 3 rings (SSSR count). The smallest absolute Gasteiger partial charge is 0.269 e. The number of hydrogen-bond donors (Lipinski definition) is 0. The minimum Gasteiger partial charge on any atom is -0.363 e. The summed E-state index contributed by atoms with van der Waals surface area (Å²) in [6.07, 6.45) is 1.13. The monoisotopic (exact) mass is 328 g/mol. The molecule has 0 saturated heterocycles. The van der Waals surface area contributed by atoms with Gasteiger partial charge >= 0.3 is 0 Å². The van der Waals surface area contributed by atoms with Gasteiger partial charge in [-0.2, -0.15) is 0 Å². The number of nitrogens with zero attached hydrogens (tertiary/aromatic N) is 2. The molecule has 3 aromatic rings. The van der Waals surface area contributed by atoms with Crippen LogP contribution >= 0.6 is 11.3 Å². The zero-order chi connectivity index (χ0) is 16.4. The highest BCUT2D eigenvalue weighted by atomic mass is 32.1. The number of carbonyl (C=O) groups excluding carboxylic acids is 2. The molecule has 0 aliphatic heterocycles. The molecule has 0 radical (unpaired) electrons. The second-order valence-corrected chi connectivity index (χ2v) is 5.46. The maximum atomic E-state index is 12.4. The van der Waals surface area contributed by atoms with Crippen molar-refractivity contribution in [1.29, 1.82) is 0 Å². The average molecular weight is 328 g/mol. The Morgan fingerprint density at radius 3 is 2.48 bits per heavy atom. The summed E-state index contributed by atoms with van der Waals surface area (Å²) in [7, 11) is 0. The van der Waals surface area contributed by atoms with Crippen LogP contribution in [0.1, 0.15) is 31.3 Å².